The highest BCUT2D eigenvalue weighted by molar-refractivity contribution is 7.19. The van der Waals surface area contributed by atoms with Crippen molar-refractivity contribution in [3.8, 4) is 6.07 Å². The van der Waals surface area contributed by atoms with Crippen LogP contribution in [0.15, 0.2) is 83.9 Å². The van der Waals surface area contributed by atoms with E-state index in [1.807, 2.05) is 55.5 Å². The molecule has 4 nitrogen and oxygen atoms in total. The highest BCUT2D eigenvalue weighted by Crippen LogP contribution is 2.32. The van der Waals surface area contributed by atoms with Crippen molar-refractivity contribution in [2.24, 2.45) is 0 Å². The van der Waals surface area contributed by atoms with Gasteiger partial charge in [-0.15, -0.1) is 11.3 Å². The standard InChI is InChI=1S/C27H25N3OS/c1-4-30(5-2)22-13-10-20(11-14-22)12-15-23-17-21(16-19(3)31-23)24(18-28)27-29-25-8-6-7-9-26(25)32-27/h6-17H,4-5H2,1-3H3. The van der Waals surface area contributed by atoms with Gasteiger partial charge in [0.2, 0.25) is 0 Å². The number of rotatable bonds is 6. The normalized spacial score (nSPS) is 15.2. The Kier molecular flexibility index (Phi) is 6.53. The summed E-state index contributed by atoms with van der Waals surface area (Å²) in [6.07, 6.45) is 7.76. The van der Waals surface area contributed by atoms with E-state index in [4.69, 9.17) is 4.74 Å². The van der Waals surface area contributed by atoms with Crippen molar-refractivity contribution < 1.29 is 4.74 Å². The molecule has 0 saturated heterocycles. The van der Waals surface area contributed by atoms with Crippen LogP contribution in [0.1, 0.15) is 31.3 Å². The Hall–Kier alpha value is -3.62. The zero-order chi connectivity index (χ0) is 22.5. The van der Waals surface area contributed by atoms with Gasteiger partial charge in [0.1, 0.15) is 22.6 Å². The lowest BCUT2D eigenvalue weighted by atomic mass is 10.1. The fraction of sp³-hybridized carbons (Fsp3) is 0.185. The second kappa shape index (κ2) is 9.67. The second-order valence-corrected chi connectivity index (χ2v) is 8.46. The summed E-state index contributed by atoms with van der Waals surface area (Å²) in [6.45, 7) is 8.20. The van der Waals surface area contributed by atoms with Gasteiger partial charge in [-0.3, -0.25) is 0 Å². The number of fused-ring (bicyclic) bond motifs is 1. The third-order valence-electron chi connectivity index (χ3n) is 5.31. The molecule has 0 N–H and O–H groups in total. The third kappa shape index (κ3) is 4.66. The topological polar surface area (TPSA) is 49.2 Å². The van der Waals surface area contributed by atoms with Crippen molar-refractivity contribution in [2.45, 2.75) is 20.8 Å². The molecule has 2 heterocycles. The van der Waals surface area contributed by atoms with Crippen LogP contribution in [0.2, 0.25) is 0 Å². The molecule has 0 amide bonds. The van der Waals surface area contributed by atoms with Crippen LogP contribution < -0.4 is 4.90 Å². The number of thiazole rings is 1. The van der Waals surface area contributed by atoms with Gasteiger partial charge in [0.15, 0.2) is 0 Å². The highest BCUT2D eigenvalue weighted by atomic mass is 32.1. The van der Waals surface area contributed by atoms with E-state index in [0.717, 1.165) is 45.2 Å². The number of aromatic nitrogens is 1. The molecule has 0 unspecified atom stereocenters. The van der Waals surface area contributed by atoms with E-state index in [2.05, 4.69) is 54.1 Å². The Morgan fingerprint density at radius 1 is 1.06 bits per heavy atom. The van der Waals surface area contributed by atoms with Crippen LogP contribution >= 0.6 is 11.3 Å². The number of ether oxygens (including phenoxy) is 1. The first-order valence-corrected chi connectivity index (χ1v) is 11.5. The molecule has 1 aliphatic rings. The summed E-state index contributed by atoms with van der Waals surface area (Å²) in [5.74, 6) is 1.44. The molecular formula is C27H25N3OS. The summed E-state index contributed by atoms with van der Waals surface area (Å²) >= 11 is 1.53. The lowest BCUT2D eigenvalue weighted by Gasteiger charge is -2.20. The molecule has 1 aliphatic heterocycles. The number of hydrogen-bond donors (Lipinski definition) is 0. The maximum absolute atomic E-state index is 9.89. The molecule has 0 radical (unpaired) electrons. The molecular weight excluding hydrogens is 414 g/mol. The third-order valence-corrected chi connectivity index (χ3v) is 6.36. The van der Waals surface area contributed by atoms with Gasteiger partial charge in [-0.2, -0.15) is 5.26 Å². The SMILES string of the molecule is CCN(CC)c1ccc(C=CC2=CC(=C(C#N)c3nc4ccccc4s3)C=C(C)O2)cc1. The van der Waals surface area contributed by atoms with Crippen molar-refractivity contribution in [1.82, 2.24) is 4.98 Å². The fourth-order valence-electron chi connectivity index (χ4n) is 3.66. The minimum Gasteiger partial charge on any atom is -0.462 e. The van der Waals surface area contributed by atoms with Crippen LogP contribution in [-0.2, 0) is 4.74 Å². The summed E-state index contributed by atoms with van der Waals surface area (Å²) < 4.78 is 6.96. The molecule has 3 aromatic rings. The van der Waals surface area contributed by atoms with E-state index in [1.165, 1.54) is 17.0 Å². The van der Waals surface area contributed by atoms with Crippen LogP contribution in [-0.4, -0.2) is 18.1 Å². The van der Waals surface area contributed by atoms with E-state index >= 15 is 0 Å². The van der Waals surface area contributed by atoms with E-state index in [9.17, 15) is 5.26 Å². The maximum atomic E-state index is 9.89. The minimum absolute atomic E-state index is 0.559. The smallest absolute Gasteiger partial charge is 0.135 e. The van der Waals surface area contributed by atoms with Crippen molar-refractivity contribution in [2.75, 3.05) is 18.0 Å². The van der Waals surface area contributed by atoms with Gasteiger partial charge in [-0.1, -0.05) is 30.3 Å². The minimum atomic E-state index is 0.559. The average molecular weight is 440 g/mol. The van der Waals surface area contributed by atoms with Crippen molar-refractivity contribution in [1.29, 1.82) is 5.26 Å². The Morgan fingerprint density at radius 3 is 2.50 bits per heavy atom. The van der Waals surface area contributed by atoms with E-state index in [0.29, 0.717) is 11.3 Å². The molecule has 2 aromatic carbocycles. The van der Waals surface area contributed by atoms with Gasteiger partial charge in [0.05, 0.1) is 15.8 Å². The Labute approximate surface area is 193 Å². The molecule has 0 fully saturated rings. The van der Waals surface area contributed by atoms with Gasteiger partial charge < -0.3 is 9.64 Å². The first-order chi connectivity index (χ1) is 15.6. The Balaban J connectivity index is 1.62. The van der Waals surface area contributed by atoms with Crippen LogP contribution in [0.3, 0.4) is 0 Å². The van der Waals surface area contributed by atoms with Crippen molar-refractivity contribution in [3.63, 3.8) is 0 Å². The summed E-state index contributed by atoms with van der Waals surface area (Å²) in [5, 5.41) is 10.6. The van der Waals surface area contributed by atoms with Gasteiger partial charge >= 0.3 is 0 Å². The molecule has 32 heavy (non-hydrogen) atoms. The average Bonchev–Trinajstić information content (AvgIpc) is 3.23. The molecule has 1 aromatic heterocycles. The first kappa shape index (κ1) is 21.6. The highest BCUT2D eigenvalue weighted by Gasteiger charge is 2.15. The molecule has 0 spiro atoms. The zero-order valence-electron chi connectivity index (χ0n) is 18.5. The zero-order valence-corrected chi connectivity index (χ0v) is 19.3. The summed E-state index contributed by atoms with van der Waals surface area (Å²) in [6, 6.07) is 18.8. The number of para-hydroxylation sites is 1. The number of benzene rings is 2. The van der Waals surface area contributed by atoms with Crippen LogP contribution in [0.25, 0.3) is 21.9 Å². The summed E-state index contributed by atoms with van der Waals surface area (Å²) in [7, 11) is 0. The largest absolute Gasteiger partial charge is 0.462 e. The number of hydrogen-bond acceptors (Lipinski definition) is 5. The fourth-order valence-corrected chi connectivity index (χ4v) is 4.65. The lowest BCUT2D eigenvalue weighted by molar-refractivity contribution is 0.318. The molecule has 5 heteroatoms. The quantitative estimate of drug-likeness (QED) is 0.390. The molecule has 4 rings (SSSR count). The summed E-state index contributed by atoms with van der Waals surface area (Å²) in [4.78, 5) is 6.97. The van der Waals surface area contributed by atoms with Gasteiger partial charge in [-0.25, -0.2) is 4.98 Å². The first-order valence-electron chi connectivity index (χ1n) is 10.7. The van der Waals surface area contributed by atoms with Crippen LogP contribution in [0.5, 0.6) is 0 Å². The Morgan fingerprint density at radius 2 is 1.81 bits per heavy atom. The van der Waals surface area contributed by atoms with Crippen LogP contribution in [0, 0.1) is 11.3 Å². The van der Waals surface area contributed by atoms with E-state index < -0.39 is 0 Å². The van der Waals surface area contributed by atoms with E-state index in [-0.39, 0.29) is 0 Å². The maximum Gasteiger partial charge on any atom is 0.135 e. The second-order valence-electron chi connectivity index (χ2n) is 7.43. The van der Waals surface area contributed by atoms with E-state index in [1.54, 1.807) is 0 Å². The monoisotopic (exact) mass is 439 g/mol. The lowest BCUT2D eigenvalue weighted by Crippen LogP contribution is -2.21. The summed E-state index contributed by atoms with van der Waals surface area (Å²) in [5.41, 5.74) is 4.59. The molecule has 0 saturated carbocycles. The van der Waals surface area contributed by atoms with Crippen LogP contribution in [0.4, 0.5) is 5.69 Å². The number of allylic oxidation sites excluding steroid dienone is 6. The van der Waals surface area contributed by atoms with Gasteiger partial charge in [-0.05, 0) is 68.8 Å². The number of anilines is 1. The number of nitrogens with zero attached hydrogens (tertiary/aromatic N) is 3. The molecule has 0 aliphatic carbocycles. The van der Waals surface area contributed by atoms with Crippen molar-refractivity contribution in [3.05, 3.63) is 94.4 Å². The predicted octanol–water partition coefficient (Wildman–Crippen LogP) is 6.95. The van der Waals surface area contributed by atoms with Crippen molar-refractivity contribution >= 4 is 38.9 Å². The molecule has 0 bridgehead atoms. The molecule has 160 valence electrons. The van der Waals surface area contributed by atoms with Gasteiger partial charge in [0.25, 0.3) is 0 Å². The Bertz CT molecular complexity index is 1250. The predicted molar refractivity (Wildman–Crippen MR) is 134 cm³/mol. The number of nitriles is 1. The molecule has 0 atom stereocenters. The van der Waals surface area contributed by atoms with Gasteiger partial charge in [0, 0.05) is 24.4 Å².